The molecule has 22 heavy (non-hydrogen) atoms. The first-order valence-electron chi connectivity index (χ1n) is 7.26. The van der Waals surface area contributed by atoms with E-state index in [0.717, 1.165) is 23.4 Å². The molecule has 0 unspecified atom stereocenters. The van der Waals surface area contributed by atoms with Gasteiger partial charge in [0.15, 0.2) is 0 Å². The number of rotatable bonds is 7. The number of aryl methyl sites for hydroxylation is 1. The number of ether oxygens (including phenoxy) is 1. The molecule has 5 heteroatoms. The second kappa shape index (κ2) is 8.14. The molecule has 2 N–H and O–H groups in total. The number of methoxy groups -OCH3 is 1. The molecule has 0 saturated carbocycles. The summed E-state index contributed by atoms with van der Waals surface area (Å²) in [6.45, 7) is 3.24. The number of carbonyl (C=O) groups excluding carboxylic acids is 1. The van der Waals surface area contributed by atoms with Gasteiger partial charge in [-0.05, 0) is 37.1 Å². The summed E-state index contributed by atoms with van der Waals surface area (Å²) >= 11 is 0. The summed E-state index contributed by atoms with van der Waals surface area (Å²) < 4.78 is 4.95. The molecule has 0 fully saturated rings. The molecule has 1 aromatic carbocycles. The molecule has 1 amide bonds. The van der Waals surface area contributed by atoms with Crippen molar-refractivity contribution < 1.29 is 9.53 Å². The number of hydrogen-bond donors (Lipinski definition) is 2. The largest absolute Gasteiger partial charge is 0.385 e. The van der Waals surface area contributed by atoms with Crippen molar-refractivity contribution >= 4 is 17.3 Å². The monoisotopic (exact) mass is 299 g/mol. The number of para-hydroxylation sites is 1. The number of nitrogens with one attached hydrogen (secondary N) is 2. The van der Waals surface area contributed by atoms with Gasteiger partial charge in [0, 0.05) is 37.8 Å². The average molecular weight is 299 g/mol. The highest BCUT2D eigenvalue weighted by Gasteiger charge is 2.07. The van der Waals surface area contributed by atoms with E-state index >= 15 is 0 Å². The standard InChI is InChI=1S/C17H21N3O2/c1-13-6-3-4-7-15(13)20-14-8-10-18-16(12-14)17(21)19-9-5-11-22-2/h3-4,6-8,10,12H,5,9,11H2,1-2H3,(H,18,20)(H,19,21). The molecule has 0 atom stereocenters. The van der Waals surface area contributed by atoms with E-state index in [1.165, 1.54) is 0 Å². The van der Waals surface area contributed by atoms with E-state index in [9.17, 15) is 4.79 Å². The predicted octanol–water partition coefficient (Wildman–Crippen LogP) is 2.90. The first-order valence-corrected chi connectivity index (χ1v) is 7.26. The fourth-order valence-corrected chi connectivity index (χ4v) is 2.01. The van der Waals surface area contributed by atoms with Gasteiger partial charge in [-0.25, -0.2) is 0 Å². The lowest BCUT2D eigenvalue weighted by Gasteiger charge is -2.10. The maximum absolute atomic E-state index is 12.0. The van der Waals surface area contributed by atoms with Crippen molar-refractivity contribution in [3.63, 3.8) is 0 Å². The highest BCUT2D eigenvalue weighted by Crippen LogP contribution is 2.20. The van der Waals surface area contributed by atoms with Crippen LogP contribution in [0.25, 0.3) is 0 Å². The molecule has 0 aliphatic heterocycles. The van der Waals surface area contributed by atoms with Gasteiger partial charge < -0.3 is 15.4 Å². The Morgan fingerprint density at radius 2 is 2.09 bits per heavy atom. The minimum atomic E-state index is -0.176. The van der Waals surface area contributed by atoms with Gasteiger partial charge in [-0.3, -0.25) is 9.78 Å². The minimum absolute atomic E-state index is 0.176. The molecule has 2 rings (SSSR count). The lowest BCUT2D eigenvalue weighted by molar-refractivity contribution is 0.0943. The van der Waals surface area contributed by atoms with Crippen LogP contribution in [0, 0.1) is 6.92 Å². The van der Waals surface area contributed by atoms with Gasteiger partial charge in [0.05, 0.1) is 0 Å². The molecule has 0 bridgehead atoms. The molecule has 0 spiro atoms. The van der Waals surface area contributed by atoms with Crippen LogP contribution in [-0.4, -0.2) is 31.2 Å². The van der Waals surface area contributed by atoms with Crippen molar-refractivity contribution in [3.8, 4) is 0 Å². The fraction of sp³-hybridized carbons (Fsp3) is 0.294. The highest BCUT2D eigenvalue weighted by atomic mass is 16.5. The summed E-state index contributed by atoms with van der Waals surface area (Å²) in [6, 6.07) is 11.6. The van der Waals surface area contributed by atoms with Crippen LogP contribution in [0.15, 0.2) is 42.6 Å². The number of carbonyl (C=O) groups is 1. The summed E-state index contributed by atoms with van der Waals surface area (Å²) in [5, 5.41) is 6.13. The Balaban J connectivity index is 2.00. The Hall–Kier alpha value is -2.40. The number of pyridine rings is 1. The lowest BCUT2D eigenvalue weighted by atomic mass is 10.2. The summed E-state index contributed by atoms with van der Waals surface area (Å²) in [5.74, 6) is -0.176. The van der Waals surface area contributed by atoms with Crippen molar-refractivity contribution in [3.05, 3.63) is 53.9 Å². The summed E-state index contributed by atoms with van der Waals surface area (Å²) in [7, 11) is 1.64. The molecule has 116 valence electrons. The zero-order chi connectivity index (χ0) is 15.8. The smallest absolute Gasteiger partial charge is 0.269 e. The number of anilines is 2. The number of hydrogen-bond acceptors (Lipinski definition) is 4. The van der Waals surface area contributed by atoms with Crippen molar-refractivity contribution in [1.29, 1.82) is 0 Å². The number of benzene rings is 1. The summed E-state index contributed by atoms with van der Waals surface area (Å²) in [4.78, 5) is 16.2. The first kappa shape index (κ1) is 16.0. The quantitative estimate of drug-likeness (QED) is 0.772. The second-order valence-electron chi connectivity index (χ2n) is 4.97. The maximum atomic E-state index is 12.0. The first-order chi connectivity index (χ1) is 10.7. The van der Waals surface area contributed by atoms with Crippen molar-refractivity contribution in [2.24, 2.45) is 0 Å². The van der Waals surface area contributed by atoms with Gasteiger partial charge in [0.2, 0.25) is 0 Å². The molecule has 2 aromatic rings. The number of aromatic nitrogens is 1. The summed E-state index contributed by atoms with van der Waals surface area (Å²) in [5.41, 5.74) is 3.40. The minimum Gasteiger partial charge on any atom is -0.385 e. The Morgan fingerprint density at radius 1 is 1.27 bits per heavy atom. The number of nitrogens with zero attached hydrogens (tertiary/aromatic N) is 1. The summed E-state index contributed by atoms with van der Waals surface area (Å²) in [6.07, 6.45) is 2.41. The molecule has 0 radical (unpaired) electrons. The van der Waals surface area contributed by atoms with E-state index in [2.05, 4.69) is 15.6 Å². The van der Waals surface area contributed by atoms with E-state index in [1.807, 2.05) is 37.3 Å². The van der Waals surface area contributed by atoms with Gasteiger partial charge in [0.1, 0.15) is 5.69 Å². The molecule has 0 aliphatic rings. The Morgan fingerprint density at radius 3 is 2.86 bits per heavy atom. The van der Waals surface area contributed by atoms with Crippen LogP contribution in [0.4, 0.5) is 11.4 Å². The van der Waals surface area contributed by atoms with E-state index in [1.54, 1.807) is 19.4 Å². The van der Waals surface area contributed by atoms with Crippen LogP contribution >= 0.6 is 0 Å². The molecular weight excluding hydrogens is 278 g/mol. The lowest BCUT2D eigenvalue weighted by Crippen LogP contribution is -2.26. The third-order valence-electron chi connectivity index (χ3n) is 3.23. The van der Waals surface area contributed by atoms with Crippen LogP contribution in [0.1, 0.15) is 22.5 Å². The average Bonchev–Trinajstić information content (AvgIpc) is 2.54. The van der Waals surface area contributed by atoms with Crippen LogP contribution < -0.4 is 10.6 Å². The van der Waals surface area contributed by atoms with E-state index in [0.29, 0.717) is 18.8 Å². The van der Waals surface area contributed by atoms with Gasteiger partial charge in [-0.1, -0.05) is 18.2 Å². The number of amides is 1. The van der Waals surface area contributed by atoms with Crippen molar-refractivity contribution in [1.82, 2.24) is 10.3 Å². The van der Waals surface area contributed by atoms with Crippen LogP contribution in [0.3, 0.4) is 0 Å². The van der Waals surface area contributed by atoms with Crippen molar-refractivity contribution in [2.45, 2.75) is 13.3 Å². The molecule has 1 aromatic heterocycles. The SMILES string of the molecule is COCCCNC(=O)c1cc(Nc2ccccc2C)ccn1. The molecular formula is C17H21N3O2. The third kappa shape index (κ3) is 4.56. The highest BCUT2D eigenvalue weighted by molar-refractivity contribution is 5.93. The van der Waals surface area contributed by atoms with E-state index in [4.69, 9.17) is 4.74 Å². The topological polar surface area (TPSA) is 63.2 Å². The molecule has 0 saturated heterocycles. The second-order valence-corrected chi connectivity index (χ2v) is 4.97. The van der Waals surface area contributed by atoms with Gasteiger partial charge in [-0.2, -0.15) is 0 Å². The van der Waals surface area contributed by atoms with Crippen LogP contribution in [-0.2, 0) is 4.74 Å². The Bertz CT molecular complexity index is 629. The molecule has 1 heterocycles. The van der Waals surface area contributed by atoms with Crippen LogP contribution in [0.5, 0.6) is 0 Å². The third-order valence-corrected chi connectivity index (χ3v) is 3.23. The normalized spacial score (nSPS) is 10.3. The van der Waals surface area contributed by atoms with Gasteiger partial charge in [0.25, 0.3) is 5.91 Å². The molecule has 0 aliphatic carbocycles. The maximum Gasteiger partial charge on any atom is 0.269 e. The zero-order valence-corrected chi connectivity index (χ0v) is 12.9. The zero-order valence-electron chi connectivity index (χ0n) is 12.9. The van der Waals surface area contributed by atoms with Gasteiger partial charge in [-0.15, -0.1) is 0 Å². The Labute approximate surface area is 130 Å². The van der Waals surface area contributed by atoms with Gasteiger partial charge >= 0.3 is 0 Å². The van der Waals surface area contributed by atoms with E-state index in [-0.39, 0.29) is 5.91 Å². The van der Waals surface area contributed by atoms with Crippen LogP contribution in [0.2, 0.25) is 0 Å². The Kier molecular flexibility index (Phi) is 5.91. The van der Waals surface area contributed by atoms with Crippen molar-refractivity contribution in [2.75, 3.05) is 25.6 Å². The molecule has 5 nitrogen and oxygen atoms in total. The predicted molar refractivity (Wildman–Crippen MR) is 87.5 cm³/mol. The van der Waals surface area contributed by atoms with E-state index < -0.39 is 0 Å². The fourth-order valence-electron chi connectivity index (χ4n) is 2.01.